The van der Waals surface area contributed by atoms with Crippen molar-refractivity contribution in [3.8, 4) is 0 Å². The molecule has 0 aliphatic rings. The molecule has 0 heterocycles. The number of nitrogens with one attached hydrogen (secondary N) is 3. The van der Waals surface area contributed by atoms with Crippen LogP contribution in [0.3, 0.4) is 0 Å². The lowest BCUT2D eigenvalue weighted by Gasteiger charge is -2.06. The van der Waals surface area contributed by atoms with Gasteiger partial charge >= 0.3 is 0 Å². The minimum absolute atomic E-state index is 0.0515. The number of benzene rings is 2. The van der Waals surface area contributed by atoms with E-state index in [2.05, 4.69) is 15.8 Å². The number of guanidine groups is 1. The van der Waals surface area contributed by atoms with E-state index < -0.39 is 0 Å². The molecule has 6 heteroatoms. The molecule has 0 aliphatic carbocycles. The molecule has 0 amide bonds. The molecular weight excluding hydrogens is 295 g/mol. The fraction of sp³-hybridized carbons (Fsp3) is 0. The molecule has 0 bridgehead atoms. The summed E-state index contributed by atoms with van der Waals surface area (Å²) in [6.07, 6.45) is 1.48. The van der Waals surface area contributed by atoms with Gasteiger partial charge in [0.1, 0.15) is 0 Å². The molecule has 0 aromatic heterocycles. The van der Waals surface area contributed by atoms with Crippen molar-refractivity contribution >= 4 is 41.1 Å². The predicted molar refractivity (Wildman–Crippen MR) is 85.0 cm³/mol. The third kappa shape index (κ3) is 3.98. The second-order valence-corrected chi connectivity index (χ2v) is 4.69. The van der Waals surface area contributed by atoms with E-state index in [4.69, 9.17) is 28.6 Å². The van der Waals surface area contributed by atoms with Gasteiger partial charge in [0.25, 0.3) is 0 Å². The average molecular weight is 307 g/mol. The average Bonchev–Trinajstić information content (AvgIpc) is 2.43. The largest absolute Gasteiger partial charge is 0.325 e. The molecule has 2 aromatic carbocycles. The van der Waals surface area contributed by atoms with Gasteiger partial charge in [-0.2, -0.15) is 5.10 Å². The van der Waals surface area contributed by atoms with Crippen molar-refractivity contribution in [2.24, 2.45) is 5.10 Å². The molecule has 0 spiro atoms. The van der Waals surface area contributed by atoms with Crippen LogP contribution >= 0.6 is 23.2 Å². The van der Waals surface area contributed by atoms with Crippen LogP contribution in [0.5, 0.6) is 0 Å². The molecular formula is C14H12Cl2N4. The second kappa shape index (κ2) is 6.93. The summed E-state index contributed by atoms with van der Waals surface area (Å²) in [6, 6.07) is 14.6. The van der Waals surface area contributed by atoms with Crippen LogP contribution in [0.4, 0.5) is 5.69 Å². The third-order valence-corrected chi connectivity index (χ3v) is 3.07. The summed E-state index contributed by atoms with van der Waals surface area (Å²) in [6.45, 7) is 0. The lowest BCUT2D eigenvalue weighted by molar-refractivity contribution is 1.01. The zero-order valence-corrected chi connectivity index (χ0v) is 11.9. The summed E-state index contributed by atoms with van der Waals surface area (Å²) in [4.78, 5) is 0. The monoisotopic (exact) mass is 306 g/mol. The Balaban J connectivity index is 1.95. The molecule has 20 heavy (non-hydrogen) atoms. The number of hydrogen-bond acceptors (Lipinski definition) is 2. The maximum absolute atomic E-state index is 7.70. The molecule has 0 aliphatic heterocycles. The van der Waals surface area contributed by atoms with Crippen LogP contribution in [0.15, 0.2) is 53.6 Å². The Hall–Kier alpha value is -2.04. The summed E-state index contributed by atoms with van der Waals surface area (Å²) in [5, 5.41) is 15.5. The van der Waals surface area contributed by atoms with E-state index in [0.717, 1.165) is 5.69 Å². The normalized spacial score (nSPS) is 10.5. The highest BCUT2D eigenvalue weighted by atomic mass is 35.5. The first kappa shape index (κ1) is 14.4. The minimum Gasteiger partial charge on any atom is -0.325 e. The van der Waals surface area contributed by atoms with Gasteiger partial charge in [0, 0.05) is 11.3 Å². The molecule has 2 aromatic rings. The van der Waals surface area contributed by atoms with Crippen LogP contribution in [-0.2, 0) is 0 Å². The van der Waals surface area contributed by atoms with Gasteiger partial charge in [-0.25, -0.2) is 5.43 Å². The first-order valence-corrected chi connectivity index (χ1v) is 6.56. The quantitative estimate of drug-likeness (QED) is 0.456. The SMILES string of the molecule is N=C(N/N=C/c1c(Cl)cccc1Cl)Nc1ccccc1. The molecule has 0 fully saturated rings. The van der Waals surface area contributed by atoms with Gasteiger partial charge in [0.05, 0.1) is 16.3 Å². The highest BCUT2D eigenvalue weighted by Gasteiger charge is 2.02. The third-order valence-electron chi connectivity index (χ3n) is 2.41. The van der Waals surface area contributed by atoms with Crippen molar-refractivity contribution in [1.29, 1.82) is 5.41 Å². The second-order valence-electron chi connectivity index (χ2n) is 3.87. The van der Waals surface area contributed by atoms with E-state index in [1.807, 2.05) is 30.3 Å². The molecule has 0 radical (unpaired) electrons. The number of rotatable bonds is 3. The number of hydrogen-bond donors (Lipinski definition) is 3. The molecule has 3 N–H and O–H groups in total. The number of hydrazone groups is 1. The van der Waals surface area contributed by atoms with Gasteiger partial charge in [-0.05, 0) is 24.3 Å². The highest BCUT2D eigenvalue weighted by molar-refractivity contribution is 6.38. The number of halogens is 2. The lowest BCUT2D eigenvalue weighted by Crippen LogP contribution is -2.25. The van der Waals surface area contributed by atoms with Crippen molar-refractivity contribution in [1.82, 2.24) is 5.43 Å². The smallest absolute Gasteiger partial charge is 0.213 e. The Bertz CT molecular complexity index is 606. The Morgan fingerprint density at radius 1 is 1.00 bits per heavy atom. The van der Waals surface area contributed by atoms with E-state index in [9.17, 15) is 0 Å². The molecule has 0 unspecified atom stereocenters. The van der Waals surface area contributed by atoms with E-state index >= 15 is 0 Å². The maximum Gasteiger partial charge on any atom is 0.213 e. The van der Waals surface area contributed by atoms with Gasteiger partial charge in [-0.3, -0.25) is 5.41 Å². The Labute approximate surface area is 126 Å². The topological polar surface area (TPSA) is 60.3 Å². The molecule has 102 valence electrons. The fourth-order valence-corrected chi connectivity index (χ4v) is 1.98. The minimum atomic E-state index is 0.0515. The summed E-state index contributed by atoms with van der Waals surface area (Å²) < 4.78 is 0. The molecule has 4 nitrogen and oxygen atoms in total. The van der Waals surface area contributed by atoms with E-state index in [1.165, 1.54) is 6.21 Å². The van der Waals surface area contributed by atoms with E-state index in [0.29, 0.717) is 15.6 Å². The first-order chi connectivity index (χ1) is 9.66. The fourth-order valence-electron chi connectivity index (χ4n) is 1.49. The van der Waals surface area contributed by atoms with Crippen LogP contribution in [0, 0.1) is 5.41 Å². The van der Waals surface area contributed by atoms with Crippen molar-refractivity contribution < 1.29 is 0 Å². The maximum atomic E-state index is 7.70. The lowest BCUT2D eigenvalue weighted by atomic mass is 10.2. The van der Waals surface area contributed by atoms with Crippen LogP contribution < -0.4 is 10.7 Å². The number of anilines is 1. The Kier molecular flexibility index (Phi) is 4.98. The van der Waals surface area contributed by atoms with Crippen molar-refractivity contribution in [3.05, 3.63) is 64.1 Å². The van der Waals surface area contributed by atoms with Gasteiger partial charge in [0.2, 0.25) is 5.96 Å². The number of para-hydroxylation sites is 1. The van der Waals surface area contributed by atoms with Crippen LogP contribution in [0.2, 0.25) is 10.0 Å². The zero-order chi connectivity index (χ0) is 14.4. The Morgan fingerprint density at radius 3 is 2.30 bits per heavy atom. The van der Waals surface area contributed by atoms with Gasteiger partial charge in [-0.15, -0.1) is 0 Å². The van der Waals surface area contributed by atoms with Gasteiger partial charge in [0.15, 0.2) is 0 Å². The first-order valence-electron chi connectivity index (χ1n) is 5.80. The van der Waals surface area contributed by atoms with Crippen LogP contribution in [0.1, 0.15) is 5.56 Å². The molecule has 0 atom stereocenters. The van der Waals surface area contributed by atoms with Crippen molar-refractivity contribution in [2.45, 2.75) is 0 Å². The van der Waals surface area contributed by atoms with Gasteiger partial charge < -0.3 is 5.32 Å². The molecule has 0 saturated carbocycles. The number of nitrogens with zero attached hydrogens (tertiary/aromatic N) is 1. The summed E-state index contributed by atoms with van der Waals surface area (Å²) >= 11 is 12.0. The van der Waals surface area contributed by atoms with Crippen molar-refractivity contribution in [2.75, 3.05) is 5.32 Å². The summed E-state index contributed by atoms with van der Waals surface area (Å²) in [5.41, 5.74) is 3.97. The zero-order valence-electron chi connectivity index (χ0n) is 10.4. The van der Waals surface area contributed by atoms with E-state index in [1.54, 1.807) is 18.2 Å². The Morgan fingerprint density at radius 2 is 1.65 bits per heavy atom. The predicted octanol–water partition coefficient (Wildman–Crippen LogP) is 3.96. The van der Waals surface area contributed by atoms with Crippen LogP contribution in [0.25, 0.3) is 0 Å². The molecule has 2 rings (SSSR count). The van der Waals surface area contributed by atoms with E-state index in [-0.39, 0.29) is 5.96 Å². The standard InChI is InChI=1S/C14H12Cl2N4/c15-12-7-4-8-13(16)11(12)9-18-20-14(17)19-10-5-2-1-3-6-10/h1-9H,(H3,17,19,20)/b18-9+. The summed E-state index contributed by atoms with van der Waals surface area (Å²) in [7, 11) is 0. The van der Waals surface area contributed by atoms with Crippen molar-refractivity contribution in [3.63, 3.8) is 0 Å². The highest BCUT2D eigenvalue weighted by Crippen LogP contribution is 2.21. The molecule has 0 saturated heterocycles. The van der Waals surface area contributed by atoms with Gasteiger partial charge in [-0.1, -0.05) is 47.5 Å². The van der Waals surface area contributed by atoms with Crippen LogP contribution in [-0.4, -0.2) is 12.2 Å². The summed E-state index contributed by atoms with van der Waals surface area (Å²) in [5.74, 6) is 0.0515.